The molecule has 0 fully saturated rings. The van der Waals surface area contributed by atoms with E-state index in [4.69, 9.17) is 4.18 Å². The van der Waals surface area contributed by atoms with Crippen LogP contribution in [0.5, 0.6) is 5.75 Å². The van der Waals surface area contributed by atoms with Crippen molar-refractivity contribution in [2.24, 2.45) is 0 Å². The van der Waals surface area contributed by atoms with Crippen LogP contribution in [0, 0.1) is 0 Å². The maximum atomic E-state index is 12.9. The largest absolute Gasteiger partial charge is 0.379 e. The summed E-state index contributed by atoms with van der Waals surface area (Å²) in [6, 6.07) is 22.1. The molecule has 1 heterocycles. The van der Waals surface area contributed by atoms with Gasteiger partial charge in [-0.3, -0.25) is 9.78 Å². The second-order valence-corrected chi connectivity index (χ2v) is 8.10. The summed E-state index contributed by atoms with van der Waals surface area (Å²) in [4.78, 5) is 16.5. The summed E-state index contributed by atoms with van der Waals surface area (Å²) in [5.74, 6) is -0.258. The van der Waals surface area contributed by atoms with Gasteiger partial charge in [0.15, 0.2) is 0 Å². The number of rotatable bonds is 6. The number of carbonyl (C=O) groups excluding carboxylic acids is 1. The lowest BCUT2D eigenvalue weighted by Crippen LogP contribution is -2.22. The van der Waals surface area contributed by atoms with Crippen LogP contribution >= 0.6 is 0 Å². The smallest absolute Gasteiger partial charge is 0.339 e. The van der Waals surface area contributed by atoms with Gasteiger partial charge in [-0.15, -0.1) is 0 Å². The van der Waals surface area contributed by atoms with E-state index in [-0.39, 0.29) is 16.6 Å². The number of carbonyl (C=O) groups is 1. The molecule has 0 aliphatic carbocycles. The number of hydrogen-bond donors (Lipinski definition) is 1. The first kappa shape index (κ1) is 19.6. The van der Waals surface area contributed by atoms with E-state index in [0.29, 0.717) is 22.9 Å². The molecule has 0 aliphatic rings. The highest BCUT2D eigenvalue weighted by Gasteiger charge is 2.20. The quantitative estimate of drug-likeness (QED) is 0.480. The first-order valence-electron chi connectivity index (χ1n) is 9.22. The Morgan fingerprint density at radius 2 is 1.73 bits per heavy atom. The summed E-state index contributed by atoms with van der Waals surface area (Å²) < 4.78 is 31.0. The molecule has 0 saturated heterocycles. The fraction of sp³-hybridized carbons (Fsp3) is 0.0435. The van der Waals surface area contributed by atoms with E-state index in [9.17, 15) is 13.2 Å². The second kappa shape index (κ2) is 8.34. The molecule has 0 unspecified atom stereocenters. The molecule has 0 saturated carbocycles. The minimum atomic E-state index is -4.10. The minimum Gasteiger partial charge on any atom is -0.379 e. The average molecular weight is 418 g/mol. The van der Waals surface area contributed by atoms with Gasteiger partial charge in [0.1, 0.15) is 10.6 Å². The summed E-state index contributed by atoms with van der Waals surface area (Å²) in [6.45, 7) is 0.368. The Hall–Kier alpha value is -3.71. The number of fused-ring (bicyclic) bond motifs is 1. The third kappa shape index (κ3) is 4.31. The maximum absolute atomic E-state index is 12.9. The average Bonchev–Trinajstić information content (AvgIpc) is 2.77. The highest BCUT2D eigenvalue weighted by Crippen LogP contribution is 2.26. The van der Waals surface area contributed by atoms with Crippen LogP contribution in [0.25, 0.3) is 10.8 Å². The van der Waals surface area contributed by atoms with Crippen molar-refractivity contribution in [1.82, 2.24) is 10.3 Å². The number of nitrogens with zero attached hydrogens (tertiary/aromatic N) is 1. The molecule has 3 aromatic carbocycles. The first-order valence-corrected chi connectivity index (χ1v) is 10.6. The Morgan fingerprint density at radius 1 is 0.933 bits per heavy atom. The van der Waals surface area contributed by atoms with Crippen molar-refractivity contribution in [2.75, 3.05) is 0 Å². The van der Waals surface area contributed by atoms with Crippen LogP contribution in [0.3, 0.4) is 0 Å². The Morgan fingerprint density at radius 3 is 2.57 bits per heavy atom. The summed E-state index contributed by atoms with van der Waals surface area (Å²) in [5, 5.41) is 4.02. The Balaban J connectivity index is 1.54. The summed E-state index contributed by atoms with van der Waals surface area (Å²) in [6.07, 6.45) is 3.12. The van der Waals surface area contributed by atoms with E-state index in [2.05, 4.69) is 10.3 Å². The molecule has 1 aromatic heterocycles. The van der Waals surface area contributed by atoms with Crippen molar-refractivity contribution in [3.8, 4) is 5.75 Å². The molecule has 6 nitrogen and oxygen atoms in total. The fourth-order valence-corrected chi connectivity index (χ4v) is 4.20. The van der Waals surface area contributed by atoms with Gasteiger partial charge in [-0.05, 0) is 35.9 Å². The van der Waals surface area contributed by atoms with Gasteiger partial charge in [-0.2, -0.15) is 8.42 Å². The second-order valence-electron chi connectivity index (χ2n) is 6.59. The van der Waals surface area contributed by atoms with Crippen molar-refractivity contribution in [3.05, 3.63) is 102 Å². The van der Waals surface area contributed by atoms with Gasteiger partial charge in [0, 0.05) is 35.3 Å². The predicted molar refractivity (Wildman–Crippen MR) is 114 cm³/mol. The highest BCUT2D eigenvalue weighted by atomic mass is 32.2. The van der Waals surface area contributed by atoms with Gasteiger partial charge in [0.25, 0.3) is 5.91 Å². The van der Waals surface area contributed by atoms with Crippen LogP contribution in [0.1, 0.15) is 15.9 Å². The van der Waals surface area contributed by atoms with E-state index < -0.39 is 10.1 Å². The molecule has 1 N–H and O–H groups in total. The van der Waals surface area contributed by atoms with Crippen molar-refractivity contribution in [1.29, 1.82) is 0 Å². The Bertz CT molecular complexity index is 1300. The third-order valence-corrected chi connectivity index (χ3v) is 5.81. The monoisotopic (exact) mass is 418 g/mol. The molecule has 30 heavy (non-hydrogen) atoms. The minimum absolute atomic E-state index is 0.0429. The number of nitrogens with one attached hydrogen (secondary N) is 1. The third-order valence-electron chi connectivity index (χ3n) is 4.51. The number of pyridine rings is 1. The standard InChI is InChI=1S/C23H18N2O4S/c26-23(25-15-17-6-2-1-3-7-17)18-8-4-10-20(14-18)29-30(27,28)22-11-5-9-19-16-24-13-12-21(19)22/h1-14,16H,15H2,(H,25,26). The lowest BCUT2D eigenvalue weighted by atomic mass is 10.2. The molecular weight excluding hydrogens is 400 g/mol. The van der Waals surface area contributed by atoms with Crippen LogP contribution < -0.4 is 9.50 Å². The molecule has 4 rings (SSSR count). The first-order chi connectivity index (χ1) is 14.5. The lowest BCUT2D eigenvalue weighted by molar-refractivity contribution is 0.0950. The molecule has 0 atom stereocenters. The fourth-order valence-electron chi connectivity index (χ4n) is 3.05. The summed E-state index contributed by atoms with van der Waals surface area (Å²) >= 11 is 0. The molecule has 0 bridgehead atoms. The molecule has 0 spiro atoms. The normalized spacial score (nSPS) is 11.2. The zero-order valence-corrected chi connectivity index (χ0v) is 16.7. The molecule has 150 valence electrons. The molecule has 0 aliphatic heterocycles. The van der Waals surface area contributed by atoms with E-state index in [1.807, 2.05) is 30.3 Å². The van der Waals surface area contributed by atoms with Crippen LogP contribution in [-0.2, 0) is 16.7 Å². The molecule has 4 aromatic rings. The molecule has 0 radical (unpaired) electrons. The van der Waals surface area contributed by atoms with Crippen molar-refractivity contribution in [2.45, 2.75) is 11.4 Å². The molecule has 7 heteroatoms. The van der Waals surface area contributed by atoms with E-state index in [1.165, 1.54) is 24.4 Å². The number of aromatic nitrogens is 1. The molecule has 1 amide bonds. The van der Waals surface area contributed by atoms with Crippen LogP contribution in [0.4, 0.5) is 0 Å². The maximum Gasteiger partial charge on any atom is 0.339 e. The van der Waals surface area contributed by atoms with Gasteiger partial charge >= 0.3 is 10.1 Å². The SMILES string of the molecule is O=C(NCc1ccccc1)c1cccc(OS(=O)(=O)c2cccc3cnccc23)c1. The van der Waals surface area contributed by atoms with E-state index >= 15 is 0 Å². The number of hydrogen-bond acceptors (Lipinski definition) is 5. The van der Waals surface area contributed by atoms with Crippen molar-refractivity contribution >= 4 is 26.8 Å². The number of amides is 1. The zero-order valence-electron chi connectivity index (χ0n) is 15.9. The van der Waals surface area contributed by atoms with E-state index in [1.54, 1.807) is 36.5 Å². The zero-order chi connectivity index (χ0) is 21.0. The van der Waals surface area contributed by atoms with Gasteiger partial charge in [-0.25, -0.2) is 0 Å². The van der Waals surface area contributed by atoms with Crippen LogP contribution in [0.15, 0.2) is 96.2 Å². The summed E-state index contributed by atoms with van der Waals surface area (Å²) in [7, 11) is -4.10. The van der Waals surface area contributed by atoms with Gasteiger partial charge in [-0.1, -0.05) is 48.5 Å². The topological polar surface area (TPSA) is 85.4 Å². The van der Waals surface area contributed by atoms with E-state index in [0.717, 1.165) is 5.56 Å². The highest BCUT2D eigenvalue weighted by molar-refractivity contribution is 7.87. The lowest BCUT2D eigenvalue weighted by Gasteiger charge is -2.11. The van der Waals surface area contributed by atoms with Gasteiger partial charge in [0.05, 0.1) is 0 Å². The van der Waals surface area contributed by atoms with Crippen LogP contribution in [0.2, 0.25) is 0 Å². The Labute approximate surface area is 174 Å². The molecular formula is C23H18N2O4S. The predicted octanol–water partition coefficient (Wildman–Crippen LogP) is 3.93. The Kier molecular flexibility index (Phi) is 5.45. The van der Waals surface area contributed by atoms with Crippen molar-refractivity contribution in [3.63, 3.8) is 0 Å². The van der Waals surface area contributed by atoms with Gasteiger partial charge in [0.2, 0.25) is 0 Å². The van der Waals surface area contributed by atoms with Crippen LogP contribution in [-0.4, -0.2) is 19.3 Å². The number of benzene rings is 3. The van der Waals surface area contributed by atoms with Gasteiger partial charge < -0.3 is 9.50 Å². The van der Waals surface area contributed by atoms with Crippen molar-refractivity contribution < 1.29 is 17.4 Å². The summed E-state index contributed by atoms with van der Waals surface area (Å²) in [5.41, 5.74) is 1.27.